The minimum Gasteiger partial charge on any atom is -0.371 e. The number of nitrogens with zero attached hydrogens (tertiary/aromatic N) is 4. The maximum atomic E-state index is 12.4. The molecule has 7 nitrogen and oxygen atoms in total. The van der Waals surface area contributed by atoms with E-state index in [2.05, 4.69) is 15.6 Å². The summed E-state index contributed by atoms with van der Waals surface area (Å²) in [5.74, 6) is -0.0151. The van der Waals surface area contributed by atoms with Crippen LogP contribution in [-0.2, 0) is 4.74 Å². The Labute approximate surface area is 110 Å². The maximum absolute atomic E-state index is 12.4. The van der Waals surface area contributed by atoms with Gasteiger partial charge in [0.25, 0.3) is 5.91 Å². The number of amides is 1. The number of hydrogen-bond donors (Lipinski definition) is 1. The highest BCUT2D eigenvalue weighted by molar-refractivity contribution is 5.92. The van der Waals surface area contributed by atoms with E-state index in [1.165, 1.54) is 0 Å². The highest BCUT2D eigenvalue weighted by Gasteiger charge is 2.36. The number of hydrogen-bond acceptors (Lipinski definition) is 5. The lowest BCUT2D eigenvalue weighted by Gasteiger charge is -2.31. The van der Waals surface area contributed by atoms with Crippen LogP contribution in [0, 0.1) is 0 Å². The summed E-state index contributed by atoms with van der Waals surface area (Å²) >= 11 is 0. The third-order valence-electron chi connectivity index (χ3n) is 4.19. The largest absolute Gasteiger partial charge is 0.371 e. The molecule has 0 saturated carbocycles. The van der Waals surface area contributed by atoms with Crippen molar-refractivity contribution in [3.8, 4) is 0 Å². The predicted octanol–water partition coefficient (Wildman–Crippen LogP) is -0.574. The number of fused-ring (bicyclic) bond motifs is 2. The van der Waals surface area contributed by atoms with Gasteiger partial charge in [-0.15, -0.1) is 5.10 Å². The third kappa shape index (κ3) is 1.93. The lowest BCUT2D eigenvalue weighted by Crippen LogP contribution is -2.46. The zero-order valence-corrected chi connectivity index (χ0v) is 10.7. The molecule has 0 spiro atoms. The number of nitrogens with one attached hydrogen (secondary N) is 1. The molecule has 4 heterocycles. The Morgan fingerprint density at radius 1 is 1.32 bits per heavy atom. The van der Waals surface area contributed by atoms with Gasteiger partial charge in [0.05, 0.1) is 24.4 Å². The summed E-state index contributed by atoms with van der Waals surface area (Å²) in [6, 6.07) is 0.343. The van der Waals surface area contributed by atoms with Gasteiger partial charge in [0, 0.05) is 26.2 Å². The smallest absolute Gasteiger partial charge is 0.276 e. The van der Waals surface area contributed by atoms with Crippen LogP contribution in [0.25, 0.3) is 0 Å². The van der Waals surface area contributed by atoms with Crippen molar-refractivity contribution in [2.45, 2.75) is 31.1 Å². The van der Waals surface area contributed by atoms with Gasteiger partial charge in [-0.25, -0.2) is 4.68 Å². The van der Waals surface area contributed by atoms with Gasteiger partial charge in [-0.05, 0) is 12.8 Å². The highest BCUT2D eigenvalue weighted by atomic mass is 16.5. The van der Waals surface area contributed by atoms with Crippen LogP contribution in [0.3, 0.4) is 0 Å². The summed E-state index contributed by atoms with van der Waals surface area (Å²) in [6.45, 7) is 3.18. The van der Waals surface area contributed by atoms with Crippen LogP contribution in [0.1, 0.15) is 29.4 Å². The Morgan fingerprint density at radius 3 is 2.68 bits per heavy atom. The first-order valence-electron chi connectivity index (χ1n) is 6.87. The van der Waals surface area contributed by atoms with Crippen molar-refractivity contribution in [1.29, 1.82) is 0 Å². The van der Waals surface area contributed by atoms with E-state index >= 15 is 0 Å². The van der Waals surface area contributed by atoms with Crippen LogP contribution in [0.2, 0.25) is 0 Å². The molecule has 3 saturated heterocycles. The summed E-state index contributed by atoms with van der Waals surface area (Å²) in [7, 11) is 0. The molecule has 19 heavy (non-hydrogen) atoms. The van der Waals surface area contributed by atoms with E-state index in [-0.39, 0.29) is 18.1 Å². The van der Waals surface area contributed by atoms with Crippen molar-refractivity contribution in [2.24, 2.45) is 0 Å². The summed E-state index contributed by atoms with van der Waals surface area (Å²) < 4.78 is 7.53. The molecule has 1 aromatic heterocycles. The fourth-order valence-electron chi connectivity index (χ4n) is 2.96. The zero-order valence-electron chi connectivity index (χ0n) is 10.7. The average Bonchev–Trinajstić information content (AvgIpc) is 2.94. The van der Waals surface area contributed by atoms with Crippen LogP contribution < -0.4 is 5.32 Å². The van der Waals surface area contributed by atoms with Gasteiger partial charge in [-0.2, -0.15) is 0 Å². The van der Waals surface area contributed by atoms with Crippen LogP contribution >= 0.6 is 0 Å². The molecule has 3 fully saturated rings. The minimum absolute atomic E-state index is 0.0151. The second-order valence-corrected chi connectivity index (χ2v) is 5.56. The summed E-state index contributed by atoms with van der Waals surface area (Å²) in [4.78, 5) is 14.3. The zero-order chi connectivity index (χ0) is 12.8. The Balaban J connectivity index is 1.48. The van der Waals surface area contributed by atoms with Gasteiger partial charge in [0.15, 0.2) is 5.69 Å². The van der Waals surface area contributed by atoms with Gasteiger partial charge in [-0.1, -0.05) is 5.21 Å². The Hall–Kier alpha value is -1.47. The molecule has 2 bridgehead atoms. The lowest BCUT2D eigenvalue weighted by molar-refractivity contribution is -0.0305. The van der Waals surface area contributed by atoms with E-state index < -0.39 is 0 Å². The van der Waals surface area contributed by atoms with E-state index in [1.54, 1.807) is 10.9 Å². The van der Waals surface area contributed by atoms with E-state index in [0.717, 1.165) is 25.9 Å². The molecule has 4 rings (SSSR count). The van der Waals surface area contributed by atoms with Crippen molar-refractivity contribution < 1.29 is 9.53 Å². The van der Waals surface area contributed by atoms with Gasteiger partial charge in [0.1, 0.15) is 0 Å². The number of likely N-dealkylation sites (tertiary alicyclic amines) is 1. The summed E-state index contributed by atoms with van der Waals surface area (Å²) in [6.07, 6.45) is 4.33. The Bertz CT molecular complexity index is 486. The van der Waals surface area contributed by atoms with Gasteiger partial charge < -0.3 is 15.0 Å². The fourth-order valence-corrected chi connectivity index (χ4v) is 2.96. The maximum Gasteiger partial charge on any atom is 0.276 e. The molecule has 3 aliphatic rings. The number of ether oxygens (including phenoxy) is 1. The summed E-state index contributed by atoms with van der Waals surface area (Å²) in [5.41, 5.74) is 0.452. The Kier molecular flexibility index (Phi) is 2.56. The molecule has 1 aromatic rings. The molecular weight excluding hydrogens is 246 g/mol. The van der Waals surface area contributed by atoms with Crippen molar-refractivity contribution >= 4 is 5.91 Å². The van der Waals surface area contributed by atoms with Crippen LogP contribution in [0.15, 0.2) is 6.20 Å². The first-order chi connectivity index (χ1) is 9.29. The van der Waals surface area contributed by atoms with Crippen LogP contribution in [0.5, 0.6) is 0 Å². The second kappa shape index (κ2) is 4.28. The predicted molar refractivity (Wildman–Crippen MR) is 65.7 cm³/mol. The molecule has 0 aliphatic carbocycles. The number of aromatic nitrogens is 3. The number of morpholine rings is 1. The molecule has 0 aromatic carbocycles. The fraction of sp³-hybridized carbons (Fsp3) is 0.750. The molecule has 2 atom stereocenters. The monoisotopic (exact) mass is 263 g/mol. The number of carbonyl (C=O) groups is 1. The molecule has 0 radical (unpaired) electrons. The molecule has 102 valence electrons. The summed E-state index contributed by atoms with van der Waals surface area (Å²) in [5, 5.41) is 11.3. The molecule has 1 N–H and O–H groups in total. The van der Waals surface area contributed by atoms with Crippen molar-refractivity contribution in [3.63, 3.8) is 0 Å². The van der Waals surface area contributed by atoms with E-state index in [0.29, 0.717) is 24.8 Å². The van der Waals surface area contributed by atoms with E-state index in [4.69, 9.17) is 4.74 Å². The highest BCUT2D eigenvalue weighted by Crippen LogP contribution is 2.26. The minimum atomic E-state index is -0.0151. The quantitative estimate of drug-likeness (QED) is 0.773. The third-order valence-corrected chi connectivity index (χ3v) is 4.19. The van der Waals surface area contributed by atoms with E-state index in [1.807, 2.05) is 4.90 Å². The second-order valence-electron chi connectivity index (χ2n) is 5.56. The van der Waals surface area contributed by atoms with Crippen molar-refractivity contribution in [2.75, 3.05) is 26.2 Å². The molecule has 7 heteroatoms. The average molecular weight is 263 g/mol. The number of carbonyl (C=O) groups excluding carboxylic acids is 1. The standard InChI is InChI=1S/C12H17N5O2/c18-12(16-5-9-1-2-10(6-16)19-9)11-7-17(15-14-11)8-3-13-4-8/h7-10,13H,1-6H2. The Morgan fingerprint density at radius 2 is 2.05 bits per heavy atom. The molecule has 2 unspecified atom stereocenters. The lowest BCUT2D eigenvalue weighted by atomic mass is 10.2. The van der Waals surface area contributed by atoms with E-state index in [9.17, 15) is 4.79 Å². The number of rotatable bonds is 2. The first kappa shape index (κ1) is 11.4. The van der Waals surface area contributed by atoms with Crippen molar-refractivity contribution in [1.82, 2.24) is 25.2 Å². The molecule has 1 amide bonds. The van der Waals surface area contributed by atoms with Crippen molar-refractivity contribution in [3.05, 3.63) is 11.9 Å². The normalized spacial score (nSPS) is 30.4. The van der Waals surface area contributed by atoms with Gasteiger partial charge in [-0.3, -0.25) is 4.79 Å². The first-order valence-corrected chi connectivity index (χ1v) is 6.87. The van der Waals surface area contributed by atoms with Crippen LogP contribution in [0.4, 0.5) is 0 Å². The molecule has 3 aliphatic heterocycles. The SMILES string of the molecule is O=C(c1cn(C2CNC2)nn1)N1CC2CCC(C1)O2. The van der Waals surface area contributed by atoms with Gasteiger partial charge >= 0.3 is 0 Å². The van der Waals surface area contributed by atoms with Gasteiger partial charge in [0.2, 0.25) is 0 Å². The topological polar surface area (TPSA) is 72.3 Å². The van der Waals surface area contributed by atoms with Crippen LogP contribution in [-0.4, -0.2) is 64.2 Å². The molecular formula is C12H17N5O2.